The topological polar surface area (TPSA) is 86.8 Å². The van der Waals surface area contributed by atoms with E-state index < -0.39 is 39.7 Å². The molecule has 1 saturated heterocycles. The van der Waals surface area contributed by atoms with Gasteiger partial charge in [0.2, 0.25) is 21.8 Å². The third-order valence-electron chi connectivity index (χ3n) is 5.76. The third kappa shape index (κ3) is 5.25. The maximum atomic E-state index is 14.0. The predicted molar refractivity (Wildman–Crippen MR) is 125 cm³/mol. The van der Waals surface area contributed by atoms with Gasteiger partial charge in [-0.2, -0.15) is 4.31 Å². The number of nitrogens with zero attached hydrogens (tertiary/aromatic N) is 2. The lowest BCUT2D eigenvalue weighted by molar-refractivity contribution is -0.132. The Balaban J connectivity index is 2.01. The number of sulfonamides is 1. The highest BCUT2D eigenvalue weighted by Crippen LogP contribution is 2.32. The minimum Gasteiger partial charge on any atom is -0.354 e. The number of amides is 2. The molecule has 0 radical (unpaired) electrons. The Morgan fingerprint density at radius 1 is 1.18 bits per heavy atom. The number of piperazine rings is 1. The van der Waals surface area contributed by atoms with Crippen LogP contribution in [-0.2, 0) is 19.6 Å². The highest BCUT2D eigenvalue weighted by molar-refractivity contribution is 7.89. The number of carbonyl (C=O) groups excluding carboxylic acids is 2. The van der Waals surface area contributed by atoms with Gasteiger partial charge in [0.05, 0.1) is 11.4 Å². The van der Waals surface area contributed by atoms with Crippen molar-refractivity contribution in [3.63, 3.8) is 0 Å². The number of anilines is 1. The Hall–Kier alpha value is -2.78. The van der Waals surface area contributed by atoms with Crippen LogP contribution in [0.25, 0.3) is 0 Å². The number of hydrogen-bond acceptors (Lipinski definition) is 4. The van der Waals surface area contributed by atoms with E-state index in [1.165, 1.54) is 48.2 Å². The van der Waals surface area contributed by atoms with Gasteiger partial charge in [0.25, 0.3) is 0 Å². The molecule has 3 rings (SSSR count). The van der Waals surface area contributed by atoms with E-state index in [0.717, 1.165) is 16.3 Å². The molecule has 1 heterocycles. The monoisotopic (exact) mass is 475 g/mol. The summed E-state index contributed by atoms with van der Waals surface area (Å²) in [4.78, 5) is 27.9. The first kappa shape index (κ1) is 24.9. The van der Waals surface area contributed by atoms with E-state index in [4.69, 9.17) is 0 Å². The van der Waals surface area contributed by atoms with Gasteiger partial charge in [-0.3, -0.25) is 14.5 Å². The number of nitrogens with one attached hydrogen (secondary N) is 1. The van der Waals surface area contributed by atoms with Crippen molar-refractivity contribution in [2.24, 2.45) is 5.92 Å². The summed E-state index contributed by atoms with van der Waals surface area (Å²) < 4.78 is 41.6. The number of halogens is 1. The molecule has 1 atom stereocenters. The van der Waals surface area contributed by atoms with E-state index in [0.29, 0.717) is 12.5 Å². The Morgan fingerprint density at radius 2 is 1.85 bits per heavy atom. The highest BCUT2D eigenvalue weighted by atomic mass is 32.2. The first-order valence-corrected chi connectivity index (χ1v) is 12.3. The van der Waals surface area contributed by atoms with Crippen molar-refractivity contribution in [3.8, 4) is 0 Å². The Kier molecular flexibility index (Phi) is 7.23. The lowest BCUT2D eigenvalue weighted by Gasteiger charge is -2.46. The predicted octanol–water partition coefficient (Wildman–Crippen LogP) is 3.09. The second-order valence-corrected chi connectivity index (χ2v) is 10.9. The van der Waals surface area contributed by atoms with Crippen LogP contribution in [0.1, 0.15) is 32.8 Å². The van der Waals surface area contributed by atoms with Crippen LogP contribution in [0.15, 0.2) is 53.4 Å². The number of hydrogen-bond donors (Lipinski definition) is 1. The fourth-order valence-corrected chi connectivity index (χ4v) is 5.36. The quantitative estimate of drug-likeness (QED) is 0.667. The smallest absolute Gasteiger partial charge is 0.247 e. The minimum absolute atomic E-state index is 0.0441. The molecule has 0 bridgehead atoms. The normalized spacial score (nSPS) is 19.7. The zero-order valence-corrected chi connectivity index (χ0v) is 20.2. The van der Waals surface area contributed by atoms with Gasteiger partial charge in [-0.15, -0.1) is 0 Å². The van der Waals surface area contributed by atoms with Gasteiger partial charge in [0.1, 0.15) is 11.4 Å². The molecule has 1 unspecified atom stereocenters. The molecule has 1 aliphatic rings. The van der Waals surface area contributed by atoms with Crippen molar-refractivity contribution in [2.75, 3.05) is 24.5 Å². The van der Waals surface area contributed by atoms with Crippen LogP contribution in [0, 0.1) is 18.7 Å². The van der Waals surface area contributed by atoms with Gasteiger partial charge in [0, 0.05) is 18.8 Å². The molecule has 2 aromatic rings. The van der Waals surface area contributed by atoms with Gasteiger partial charge in [-0.25, -0.2) is 12.8 Å². The molecule has 33 heavy (non-hydrogen) atoms. The van der Waals surface area contributed by atoms with Gasteiger partial charge in [-0.1, -0.05) is 37.6 Å². The van der Waals surface area contributed by atoms with Gasteiger partial charge in [-0.05, 0) is 56.5 Å². The van der Waals surface area contributed by atoms with Crippen LogP contribution < -0.4 is 10.2 Å². The maximum absolute atomic E-state index is 14.0. The van der Waals surface area contributed by atoms with E-state index in [9.17, 15) is 22.4 Å². The zero-order valence-electron chi connectivity index (χ0n) is 19.3. The van der Waals surface area contributed by atoms with E-state index in [2.05, 4.69) is 5.32 Å². The molecule has 0 aromatic heterocycles. The van der Waals surface area contributed by atoms with Crippen molar-refractivity contribution >= 4 is 27.5 Å². The summed E-state index contributed by atoms with van der Waals surface area (Å²) in [6.45, 7) is 7.05. The summed E-state index contributed by atoms with van der Waals surface area (Å²) in [7, 11) is -4.03. The first-order valence-electron chi connectivity index (χ1n) is 10.9. The molecule has 9 heteroatoms. The highest BCUT2D eigenvalue weighted by Gasteiger charge is 2.51. The fraction of sp³-hybridized carbons (Fsp3) is 0.417. The minimum atomic E-state index is -4.03. The molecule has 178 valence electrons. The van der Waals surface area contributed by atoms with Crippen LogP contribution in [-0.4, -0.2) is 49.7 Å². The maximum Gasteiger partial charge on any atom is 0.247 e. The lowest BCUT2D eigenvalue weighted by Crippen LogP contribution is -2.70. The zero-order chi connectivity index (χ0) is 24.4. The molecule has 2 aromatic carbocycles. The molecule has 0 spiro atoms. The van der Waals surface area contributed by atoms with Crippen LogP contribution in [0.4, 0.5) is 10.1 Å². The number of rotatable bonds is 7. The van der Waals surface area contributed by atoms with Gasteiger partial charge < -0.3 is 5.32 Å². The van der Waals surface area contributed by atoms with Crippen molar-refractivity contribution in [1.29, 1.82) is 0 Å². The van der Waals surface area contributed by atoms with E-state index in [1.54, 1.807) is 12.1 Å². The second kappa shape index (κ2) is 9.61. The van der Waals surface area contributed by atoms with Crippen molar-refractivity contribution in [1.82, 2.24) is 9.62 Å². The summed E-state index contributed by atoms with van der Waals surface area (Å²) >= 11 is 0. The molecule has 2 amide bonds. The standard InChI is InChI=1S/C24H30FN3O4S/c1-17(2)12-13-26-23(30)24(4)16-27(33(31,32)21-10-8-18(3)9-11-21)15-22(29)28(24)20-7-5-6-19(25)14-20/h5-11,14,17H,12-13,15-16H2,1-4H3,(H,26,30). The third-order valence-corrected chi connectivity index (χ3v) is 7.57. The van der Waals surface area contributed by atoms with E-state index in [1.807, 2.05) is 20.8 Å². The molecular formula is C24H30FN3O4S. The number of carbonyl (C=O) groups is 2. The average Bonchev–Trinajstić information content (AvgIpc) is 2.73. The lowest BCUT2D eigenvalue weighted by atomic mass is 9.94. The summed E-state index contributed by atoms with van der Waals surface area (Å²) in [6, 6.07) is 11.7. The molecule has 1 aliphatic heterocycles. The molecule has 0 saturated carbocycles. The van der Waals surface area contributed by atoms with Crippen molar-refractivity contribution in [2.45, 2.75) is 44.6 Å². The molecule has 1 fully saturated rings. The van der Waals surface area contributed by atoms with Crippen LogP contribution in [0.5, 0.6) is 0 Å². The number of benzene rings is 2. The summed E-state index contributed by atoms with van der Waals surface area (Å²) in [5, 5.41) is 2.83. The summed E-state index contributed by atoms with van der Waals surface area (Å²) in [6.07, 6.45) is 0.723. The first-order chi connectivity index (χ1) is 15.4. The largest absolute Gasteiger partial charge is 0.354 e. The summed E-state index contributed by atoms with van der Waals surface area (Å²) in [5.41, 5.74) is -0.470. The van der Waals surface area contributed by atoms with Gasteiger partial charge >= 0.3 is 0 Å². The Morgan fingerprint density at radius 3 is 2.45 bits per heavy atom. The van der Waals surface area contributed by atoms with E-state index >= 15 is 0 Å². The molecule has 1 N–H and O–H groups in total. The second-order valence-electron chi connectivity index (χ2n) is 9.01. The molecule has 0 aliphatic carbocycles. The van der Waals surface area contributed by atoms with Crippen LogP contribution >= 0.6 is 0 Å². The Bertz CT molecular complexity index is 1130. The number of aryl methyl sites for hydroxylation is 1. The van der Waals surface area contributed by atoms with Crippen molar-refractivity contribution < 1.29 is 22.4 Å². The van der Waals surface area contributed by atoms with Crippen LogP contribution in [0.3, 0.4) is 0 Å². The van der Waals surface area contributed by atoms with Crippen molar-refractivity contribution in [3.05, 3.63) is 59.9 Å². The summed E-state index contributed by atoms with van der Waals surface area (Å²) in [5.74, 6) is -1.31. The Labute approximate surface area is 194 Å². The van der Waals surface area contributed by atoms with E-state index in [-0.39, 0.29) is 17.1 Å². The fourth-order valence-electron chi connectivity index (χ4n) is 3.88. The SMILES string of the molecule is Cc1ccc(S(=O)(=O)N2CC(=O)N(c3cccc(F)c3)C(C)(C(=O)NCCC(C)C)C2)cc1. The molecule has 7 nitrogen and oxygen atoms in total. The average molecular weight is 476 g/mol. The van der Waals surface area contributed by atoms with Crippen LogP contribution in [0.2, 0.25) is 0 Å². The molecular weight excluding hydrogens is 445 g/mol. The van der Waals surface area contributed by atoms with Gasteiger partial charge in [0.15, 0.2) is 0 Å².